The van der Waals surface area contributed by atoms with Gasteiger partial charge in [0.25, 0.3) is 5.91 Å². The van der Waals surface area contributed by atoms with Gasteiger partial charge >= 0.3 is 0 Å². The molecule has 5 nitrogen and oxygen atoms in total. The highest BCUT2D eigenvalue weighted by Gasteiger charge is 2.15. The van der Waals surface area contributed by atoms with Crippen LogP contribution < -0.4 is 5.32 Å². The SMILES string of the molecule is CC(NC(=O)c1ccc(Br)cc1O)c1cn[nH]c1. The molecule has 0 saturated heterocycles. The predicted octanol–water partition coefficient (Wildman–Crippen LogP) is 2.37. The van der Waals surface area contributed by atoms with Crippen molar-refractivity contribution in [2.75, 3.05) is 0 Å². The normalized spacial score (nSPS) is 12.1. The van der Waals surface area contributed by atoms with Gasteiger partial charge in [0.2, 0.25) is 0 Å². The van der Waals surface area contributed by atoms with Crippen LogP contribution in [0.5, 0.6) is 5.75 Å². The maximum Gasteiger partial charge on any atom is 0.255 e. The van der Waals surface area contributed by atoms with Crippen molar-refractivity contribution in [3.8, 4) is 5.75 Å². The number of amides is 1. The first-order chi connectivity index (χ1) is 8.58. The van der Waals surface area contributed by atoms with Gasteiger partial charge in [0.05, 0.1) is 17.8 Å². The maximum absolute atomic E-state index is 12.0. The summed E-state index contributed by atoms with van der Waals surface area (Å²) in [5.74, 6) is -0.380. The first-order valence-corrected chi connectivity index (χ1v) is 6.15. The van der Waals surface area contributed by atoms with Gasteiger partial charge in [0.1, 0.15) is 5.75 Å². The van der Waals surface area contributed by atoms with Gasteiger partial charge < -0.3 is 10.4 Å². The number of aromatic hydroxyl groups is 1. The highest BCUT2D eigenvalue weighted by Crippen LogP contribution is 2.23. The van der Waals surface area contributed by atoms with Crippen LogP contribution in [-0.4, -0.2) is 21.2 Å². The second-order valence-corrected chi connectivity index (χ2v) is 4.80. The molecule has 1 amide bonds. The van der Waals surface area contributed by atoms with Crippen molar-refractivity contribution in [1.82, 2.24) is 15.5 Å². The predicted molar refractivity (Wildman–Crippen MR) is 70.3 cm³/mol. The van der Waals surface area contributed by atoms with Crippen LogP contribution in [0.1, 0.15) is 28.9 Å². The van der Waals surface area contributed by atoms with Gasteiger partial charge in [-0.15, -0.1) is 0 Å². The maximum atomic E-state index is 12.0. The average Bonchev–Trinajstić information content (AvgIpc) is 2.81. The summed E-state index contributed by atoms with van der Waals surface area (Å²) in [7, 11) is 0. The molecule has 0 aliphatic carbocycles. The van der Waals surface area contributed by atoms with Gasteiger partial charge in [-0.05, 0) is 25.1 Å². The fourth-order valence-corrected chi connectivity index (χ4v) is 1.90. The number of nitrogens with zero attached hydrogens (tertiary/aromatic N) is 1. The highest BCUT2D eigenvalue weighted by atomic mass is 79.9. The lowest BCUT2D eigenvalue weighted by Crippen LogP contribution is -2.26. The minimum atomic E-state index is -0.325. The lowest BCUT2D eigenvalue weighted by atomic mass is 10.1. The van der Waals surface area contributed by atoms with Crippen molar-refractivity contribution >= 4 is 21.8 Å². The minimum absolute atomic E-state index is 0.0544. The Morgan fingerprint density at radius 2 is 2.33 bits per heavy atom. The molecule has 1 atom stereocenters. The van der Waals surface area contributed by atoms with E-state index < -0.39 is 0 Å². The molecule has 1 unspecified atom stereocenters. The summed E-state index contributed by atoms with van der Waals surface area (Å²) in [6.45, 7) is 1.85. The number of carbonyl (C=O) groups excluding carboxylic acids is 1. The van der Waals surface area contributed by atoms with Crippen LogP contribution in [0.2, 0.25) is 0 Å². The molecule has 0 radical (unpaired) electrons. The van der Waals surface area contributed by atoms with Crippen LogP contribution in [-0.2, 0) is 0 Å². The molecule has 2 aromatic rings. The Balaban J connectivity index is 2.12. The van der Waals surface area contributed by atoms with E-state index >= 15 is 0 Å². The molecule has 0 spiro atoms. The molecule has 94 valence electrons. The summed E-state index contributed by atoms with van der Waals surface area (Å²) in [5, 5.41) is 19.0. The highest BCUT2D eigenvalue weighted by molar-refractivity contribution is 9.10. The Labute approximate surface area is 112 Å². The molecule has 1 heterocycles. The Morgan fingerprint density at radius 1 is 1.56 bits per heavy atom. The van der Waals surface area contributed by atoms with Gasteiger partial charge in [-0.3, -0.25) is 9.89 Å². The fraction of sp³-hybridized carbons (Fsp3) is 0.167. The molecular weight excluding hydrogens is 298 g/mol. The fourth-order valence-electron chi connectivity index (χ4n) is 1.55. The van der Waals surface area contributed by atoms with E-state index in [0.717, 1.165) is 10.0 Å². The summed E-state index contributed by atoms with van der Waals surface area (Å²) in [6.07, 6.45) is 3.36. The molecule has 2 rings (SSSR count). The second-order valence-electron chi connectivity index (χ2n) is 3.89. The number of aromatic amines is 1. The lowest BCUT2D eigenvalue weighted by Gasteiger charge is -2.12. The number of H-pyrrole nitrogens is 1. The van der Waals surface area contributed by atoms with Crippen LogP contribution >= 0.6 is 15.9 Å². The van der Waals surface area contributed by atoms with Crippen molar-refractivity contribution in [2.45, 2.75) is 13.0 Å². The number of aromatic nitrogens is 2. The first-order valence-electron chi connectivity index (χ1n) is 5.36. The Morgan fingerprint density at radius 3 is 2.94 bits per heavy atom. The number of phenolic OH excluding ortho intramolecular Hbond substituents is 1. The summed E-state index contributed by atoms with van der Waals surface area (Å²) in [5.41, 5.74) is 1.12. The van der Waals surface area contributed by atoms with Crippen LogP contribution in [0.4, 0.5) is 0 Å². The Hall–Kier alpha value is -1.82. The smallest absolute Gasteiger partial charge is 0.255 e. The van der Waals surface area contributed by atoms with Crippen LogP contribution in [0.3, 0.4) is 0 Å². The molecule has 0 bridgehead atoms. The van der Waals surface area contributed by atoms with E-state index in [1.165, 1.54) is 6.07 Å². The molecule has 0 aliphatic rings. The van der Waals surface area contributed by atoms with Crippen molar-refractivity contribution in [3.63, 3.8) is 0 Å². The summed E-state index contributed by atoms with van der Waals surface area (Å²) in [6, 6.07) is 4.57. The number of rotatable bonds is 3. The third-order valence-electron chi connectivity index (χ3n) is 2.57. The first kappa shape index (κ1) is 12.6. The Bertz CT molecular complexity index is 554. The number of phenols is 1. The number of hydrogen-bond donors (Lipinski definition) is 3. The zero-order chi connectivity index (χ0) is 13.1. The molecule has 1 aromatic carbocycles. The summed E-state index contributed by atoms with van der Waals surface area (Å²) in [4.78, 5) is 12.0. The number of halogens is 1. The quantitative estimate of drug-likeness (QED) is 0.814. The number of benzene rings is 1. The van der Waals surface area contributed by atoms with Crippen LogP contribution in [0.15, 0.2) is 35.1 Å². The molecular formula is C12H12BrN3O2. The van der Waals surface area contributed by atoms with Crippen molar-refractivity contribution in [1.29, 1.82) is 0 Å². The number of hydrogen-bond acceptors (Lipinski definition) is 3. The van der Waals surface area contributed by atoms with E-state index in [9.17, 15) is 9.90 Å². The number of carbonyl (C=O) groups is 1. The molecule has 1 aromatic heterocycles. The second kappa shape index (κ2) is 5.22. The van der Waals surface area contributed by atoms with E-state index in [1.807, 2.05) is 6.92 Å². The zero-order valence-electron chi connectivity index (χ0n) is 9.64. The van der Waals surface area contributed by atoms with Gasteiger partial charge in [-0.1, -0.05) is 15.9 Å². The summed E-state index contributed by atoms with van der Waals surface area (Å²) >= 11 is 3.22. The van der Waals surface area contributed by atoms with Crippen molar-refractivity contribution < 1.29 is 9.90 Å². The molecule has 0 saturated carbocycles. The standard InChI is InChI=1S/C12H12BrN3O2/c1-7(8-5-14-15-6-8)16-12(18)10-3-2-9(13)4-11(10)17/h2-7,17H,1H3,(H,14,15)(H,16,18). The van der Waals surface area contributed by atoms with Crippen molar-refractivity contribution in [3.05, 3.63) is 46.2 Å². The zero-order valence-corrected chi connectivity index (χ0v) is 11.2. The Kier molecular flexibility index (Phi) is 3.66. The average molecular weight is 310 g/mol. The molecule has 0 fully saturated rings. The topological polar surface area (TPSA) is 78.0 Å². The van der Waals surface area contributed by atoms with Gasteiger partial charge in [-0.2, -0.15) is 5.10 Å². The van der Waals surface area contributed by atoms with Gasteiger partial charge in [-0.25, -0.2) is 0 Å². The third-order valence-corrected chi connectivity index (χ3v) is 3.06. The molecule has 3 N–H and O–H groups in total. The largest absolute Gasteiger partial charge is 0.507 e. The minimum Gasteiger partial charge on any atom is -0.507 e. The number of nitrogens with one attached hydrogen (secondary N) is 2. The monoisotopic (exact) mass is 309 g/mol. The van der Waals surface area contributed by atoms with Crippen molar-refractivity contribution in [2.24, 2.45) is 0 Å². The van der Waals surface area contributed by atoms with E-state index in [4.69, 9.17) is 0 Å². The van der Waals surface area contributed by atoms with E-state index in [2.05, 4.69) is 31.4 Å². The van der Waals surface area contributed by atoms with Gasteiger partial charge in [0, 0.05) is 16.2 Å². The van der Waals surface area contributed by atoms with Crippen LogP contribution in [0, 0.1) is 0 Å². The van der Waals surface area contributed by atoms with E-state index in [-0.39, 0.29) is 23.3 Å². The van der Waals surface area contributed by atoms with Gasteiger partial charge in [0.15, 0.2) is 0 Å². The molecule has 18 heavy (non-hydrogen) atoms. The van der Waals surface area contributed by atoms with E-state index in [0.29, 0.717) is 0 Å². The summed E-state index contributed by atoms with van der Waals surface area (Å²) < 4.78 is 0.722. The lowest BCUT2D eigenvalue weighted by molar-refractivity contribution is 0.0937. The van der Waals surface area contributed by atoms with Crippen LogP contribution in [0.25, 0.3) is 0 Å². The molecule has 0 aliphatic heterocycles. The molecule has 6 heteroatoms. The third kappa shape index (κ3) is 2.70. The van der Waals surface area contributed by atoms with E-state index in [1.54, 1.807) is 24.5 Å².